The minimum Gasteiger partial charge on any atom is -0.444 e. The van der Waals surface area contributed by atoms with Gasteiger partial charge < -0.3 is 15.0 Å². The first-order valence-corrected chi connectivity index (χ1v) is 9.89. The number of nitrogens with one attached hydrogen (secondary N) is 1. The highest BCUT2D eigenvalue weighted by molar-refractivity contribution is 7.89. The van der Waals surface area contributed by atoms with E-state index in [1.54, 1.807) is 20.8 Å². The number of carbonyl (C=O) groups is 2. The molecule has 1 aliphatic heterocycles. The SMILES string of the molecule is CC(C)(C)OC(=O)NCc1ccc(CN2CC(S(N)(=O)=O)CC2=O)cc1. The van der Waals surface area contributed by atoms with Gasteiger partial charge >= 0.3 is 6.09 Å². The predicted octanol–water partition coefficient (Wildman–Crippen LogP) is 1.10. The van der Waals surface area contributed by atoms with E-state index in [0.29, 0.717) is 13.1 Å². The summed E-state index contributed by atoms with van der Waals surface area (Å²) in [4.78, 5) is 25.1. The lowest BCUT2D eigenvalue weighted by Gasteiger charge is -2.19. The van der Waals surface area contributed by atoms with Crippen molar-refractivity contribution < 1.29 is 22.7 Å². The van der Waals surface area contributed by atoms with Crippen molar-refractivity contribution in [2.24, 2.45) is 5.14 Å². The molecule has 26 heavy (non-hydrogen) atoms. The van der Waals surface area contributed by atoms with Crippen LogP contribution >= 0.6 is 0 Å². The summed E-state index contributed by atoms with van der Waals surface area (Å²) in [5, 5.41) is 6.95. The Morgan fingerprint density at radius 2 is 1.85 bits per heavy atom. The molecule has 0 spiro atoms. The lowest BCUT2D eigenvalue weighted by Crippen LogP contribution is -2.32. The minimum absolute atomic E-state index is 0.0727. The van der Waals surface area contributed by atoms with Crippen molar-refractivity contribution in [2.45, 2.75) is 51.1 Å². The molecule has 1 atom stereocenters. The number of hydrogen-bond donors (Lipinski definition) is 2. The van der Waals surface area contributed by atoms with Gasteiger partial charge in [0.25, 0.3) is 0 Å². The van der Waals surface area contributed by atoms with Gasteiger partial charge in [-0.25, -0.2) is 18.4 Å². The highest BCUT2D eigenvalue weighted by atomic mass is 32.2. The van der Waals surface area contributed by atoms with Crippen molar-refractivity contribution in [1.29, 1.82) is 0 Å². The van der Waals surface area contributed by atoms with Gasteiger partial charge in [0.05, 0.1) is 0 Å². The topological polar surface area (TPSA) is 119 Å². The average molecular weight is 383 g/mol. The van der Waals surface area contributed by atoms with E-state index in [-0.39, 0.29) is 18.9 Å². The van der Waals surface area contributed by atoms with Crippen LogP contribution in [-0.2, 0) is 32.6 Å². The summed E-state index contributed by atoms with van der Waals surface area (Å²) in [5.74, 6) is -0.223. The highest BCUT2D eigenvalue weighted by Gasteiger charge is 2.36. The maximum absolute atomic E-state index is 11.9. The highest BCUT2D eigenvalue weighted by Crippen LogP contribution is 2.19. The number of carbonyl (C=O) groups excluding carboxylic acids is 2. The van der Waals surface area contributed by atoms with E-state index >= 15 is 0 Å². The monoisotopic (exact) mass is 383 g/mol. The van der Waals surface area contributed by atoms with Crippen LogP contribution in [0.3, 0.4) is 0 Å². The Balaban J connectivity index is 1.88. The standard InChI is InChI=1S/C17H25N3O5S/c1-17(2,3)25-16(22)19-9-12-4-6-13(7-5-12)10-20-11-14(8-15(20)21)26(18,23)24/h4-7,14H,8-11H2,1-3H3,(H,19,22)(H2,18,23,24). The van der Waals surface area contributed by atoms with Crippen molar-refractivity contribution >= 4 is 22.0 Å². The first-order valence-electron chi connectivity index (χ1n) is 8.28. The molecule has 1 aliphatic rings. The number of sulfonamides is 1. The van der Waals surface area contributed by atoms with Gasteiger partial charge in [0.15, 0.2) is 0 Å². The van der Waals surface area contributed by atoms with E-state index in [1.165, 1.54) is 4.90 Å². The molecule has 0 aliphatic carbocycles. The van der Waals surface area contributed by atoms with Crippen LogP contribution in [0.5, 0.6) is 0 Å². The number of ether oxygens (including phenoxy) is 1. The van der Waals surface area contributed by atoms with E-state index in [9.17, 15) is 18.0 Å². The summed E-state index contributed by atoms with van der Waals surface area (Å²) in [5.41, 5.74) is 1.20. The summed E-state index contributed by atoms with van der Waals surface area (Å²) in [6, 6.07) is 7.35. The van der Waals surface area contributed by atoms with E-state index in [2.05, 4.69) is 5.32 Å². The van der Waals surface area contributed by atoms with Crippen LogP contribution in [0.1, 0.15) is 38.3 Å². The zero-order valence-electron chi connectivity index (χ0n) is 15.2. The second kappa shape index (κ2) is 7.63. The van der Waals surface area contributed by atoms with Gasteiger partial charge in [-0.3, -0.25) is 4.79 Å². The smallest absolute Gasteiger partial charge is 0.407 e. The van der Waals surface area contributed by atoms with Gasteiger partial charge in [-0.05, 0) is 31.9 Å². The van der Waals surface area contributed by atoms with Gasteiger partial charge in [0.1, 0.15) is 10.9 Å². The van der Waals surface area contributed by atoms with Crippen LogP contribution in [0, 0.1) is 0 Å². The average Bonchev–Trinajstić information content (AvgIpc) is 2.86. The zero-order valence-corrected chi connectivity index (χ0v) is 16.0. The number of nitrogens with two attached hydrogens (primary N) is 1. The Bertz CT molecular complexity index is 769. The number of primary sulfonamides is 1. The Labute approximate surface area is 153 Å². The quantitative estimate of drug-likeness (QED) is 0.789. The summed E-state index contributed by atoms with van der Waals surface area (Å²) in [6.07, 6.45) is -0.560. The lowest BCUT2D eigenvalue weighted by molar-refractivity contribution is -0.128. The number of alkyl carbamates (subject to hydrolysis) is 1. The van der Waals surface area contributed by atoms with Crippen molar-refractivity contribution in [3.8, 4) is 0 Å². The number of nitrogens with zero attached hydrogens (tertiary/aromatic N) is 1. The first-order chi connectivity index (χ1) is 11.9. The number of benzene rings is 1. The Kier molecular flexibility index (Phi) is 5.92. The second-order valence-electron chi connectivity index (χ2n) is 7.36. The molecule has 1 heterocycles. The summed E-state index contributed by atoms with van der Waals surface area (Å²) in [6.45, 7) is 6.14. The molecule has 1 unspecified atom stereocenters. The third-order valence-electron chi connectivity index (χ3n) is 3.88. The number of rotatable bonds is 5. The Morgan fingerprint density at radius 1 is 1.27 bits per heavy atom. The fraction of sp³-hybridized carbons (Fsp3) is 0.529. The second-order valence-corrected chi connectivity index (χ2v) is 9.21. The predicted molar refractivity (Wildman–Crippen MR) is 96.4 cm³/mol. The Hall–Kier alpha value is -2.13. The number of hydrogen-bond acceptors (Lipinski definition) is 5. The van der Waals surface area contributed by atoms with Gasteiger partial charge in [0.2, 0.25) is 15.9 Å². The molecule has 0 aromatic heterocycles. The first kappa shape index (κ1) is 20.2. The lowest BCUT2D eigenvalue weighted by atomic mass is 10.1. The largest absolute Gasteiger partial charge is 0.444 e. The third kappa shape index (κ3) is 5.99. The van der Waals surface area contributed by atoms with Gasteiger partial charge in [-0.15, -0.1) is 0 Å². The molecule has 1 aromatic rings. The van der Waals surface area contributed by atoms with Crippen LogP contribution in [0.25, 0.3) is 0 Å². The normalized spacial score (nSPS) is 18.1. The molecule has 144 valence electrons. The number of amides is 2. The van der Waals surface area contributed by atoms with Crippen LogP contribution in [0.15, 0.2) is 24.3 Å². The fourth-order valence-corrected chi connectivity index (χ4v) is 3.34. The molecule has 1 aromatic carbocycles. The van der Waals surface area contributed by atoms with Crippen molar-refractivity contribution in [3.63, 3.8) is 0 Å². The van der Waals surface area contributed by atoms with Crippen LogP contribution in [0.2, 0.25) is 0 Å². The third-order valence-corrected chi connectivity index (χ3v) is 5.12. The fourth-order valence-electron chi connectivity index (χ4n) is 2.58. The van der Waals surface area contributed by atoms with Gasteiger partial charge in [-0.2, -0.15) is 0 Å². The van der Waals surface area contributed by atoms with Gasteiger partial charge in [-0.1, -0.05) is 24.3 Å². The van der Waals surface area contributed by atoms with Gasteiger partial charge in [0, 0.05) is 26.1 Å². The zero-order chi connectivity index (χ0) is 19.5. The molecule has 0 bridgehead atoms. The molecule has 0 saturated carbocycles. The van der Waals surface area contributed by atoms with Crippen LogP contribution in [0.4, 0.5) is 4.79 Å². The summed E-state index contributed by atoms with van der Waals surface area (Å²) in [7, 11) is -3.71. The van der Waals surface area contributed by atoms with E-state index in [4.69, 9.17) is 9.88 Å². The molecule has 2 amide bonds. The molecule has 0 radical (unpaired) electrons. The summed E-state index contributed by atoms with van der Waals surface area (Å²) < 4.78 is 27.9. The Morgan fingerprint density at radius 3 is 2.35 bits per heavy atom. The van der Waals surface area contributed by atoms with Crippen LogP contribution in [-0.4, -0.2) is 42.7 Å². The molecule has 1 saturated heterocycles. The van der Waals surface area contributed by atoms with Crippen molar-refractivity contribution in [3.05, 3.63) is 35.4 Å². The van der Waals surface area contributed by atoms with Crippen molar-refractivity contribution in [1.82, 2.24) is 10.2 Å². The molecular formula is C17H25N3O5S. The minimum atomic E-state index is -3.71. The molecule has 2 rings (SSSR count). The van der Waals surface area contributed by atoms with Crippen LogP contribution < -0.4 is 10.5 Å². The maximum Gasteiger partial charge on any atom is 0.407 e. The maximum atomic E-state index is 11.9. The molecule has 8 nitrogen and oxygen atoms in total. The van der Waals surface area contributed by atoms with Crippen molar-refractivity contribution in [2.75, 3.05) is 6.54 Å². The summed E-state index contributed by atoms with van der Waals surface area (Å²) >= 11 is 0. The number of likely N-dealkylation sites (tertiary alicyclic amines) is 1. The molecule has 1 fully saturated rings. The molecule has 9 heteroatoms. The molecular weight excluding hydrogens is 358 g/mol. The molecule has 3 N–H and O–H groups in total. The van der Waals surface area contributed by atoms with E-state index < -0.39 is 27.0 Å². The van der Waals surface area contributed by atoms with E-state index in [1.807, 2.05) is 24.3 Å². The van der Waals surface area contributed by atoms with E-state index in [0.717, 1.165) is 11.1 Å².